The molecule has 1 aliphatic heterocycles. The zero-order valence-corrected chi connectivity index (χ0v) is 13.3. The van der Waals surface area contributed by atoms with E-state index in [-0.39, 0.29) is 11.9 Å². The van der Waals surface area contributed by atoms with Crippen molar-refractivity contribution < 1.29 is 9.13 Å². The highest BCUT2D eigenvalue weighted by atomic mass is 127. The molecule has 3 rings (SSSR count). The van der Waals surface area contributed by atoms with Crippen LogP contribution in [0.4, 0.5) is 4.39 Å². The predicted octanol–water partition coefficient (Wildman–Crippen LogP) is 4.01. The van der Waals surface area contributed by atoms with Crippen molar-refractivity contribution in [3.8, 4) is 0 Å². The quantitative estimate of drug-likeness (QED) is 0.618. The topological polar surface area (TPSA) is 29.9 Å². The fraction of sp³-hybridized carbons (Fsp3) is 0.462. The molecule has 0 spiro atoms. The monoisotopic (exact) mass is 392 g/mol. The number of H-pyrrole nitrogens is 1. The van der Waals surface area contributed by atoms with Crippen LogP contribution in [0.15, 0.2) is 12.1 Å². The van der Waals surface area contributed by atoms with Crippen LogP contribution in [-0.4, -0.2) is 22.3 Å². The van der Waals surface area contributed by atoms with Gasteiger partial charge < -0.3 is 14.3 Å². The Hall–Kier alpha value is -0.470. The number of hydrogen-bond acceptors (Lipinski definition) is 2. The predicted molar refractivity (Wildman–Crippen MR) is 83.4 cm³/mol. The number of aromatic nitrogens is 2. The minimum Gasteiger partial charge on any atom is -0.376 e. The van der Waals surface area contributed by atoms with Crippen molar-refractivity contribution in [2.45, 2.75) is 31.9 Å². The number of aromatic amines is 1. The van der Waals surface area contributed by atoms with Crippen LogP contribution in [0.5, 0.6) is 0 Å². The third kappa shape index (κ3) is 2.71. The normalized spacial score (nSPS) is 20.0. The van der Waals surface area contributed by atoms with Gasteiger partial charge in [-0.1, -0.05) is 0 Å². The maximum Gasteiger partial charge on any atom is 0.178 e. The van der Waals surface area contributed by atoms with Gasteiger partial charge in [0.05, 0.1) is 27.3 Å². The minimum atomic E-state index is -0.208. The molecule has 2 aromatic rings. The van der Waals surface area contributed by atoms with E-state index in [2.05, 4.69) is 4.98 Å². The van der Waals surface area contributed by atoms with Crippen LogP contribution in [-0.2, 0) is 11.3 Å². The van der Waals surface area contributed by atoms with Crippen molar-refractivity contribution >= 4 is 45.8 Å². The van der Waals surface area contributed by atoms with E-state index in [0.717, 1.165) is 30.5 Å². The first-order chi connectivity index (χ1) is 9.15. The minimum absolute atomic E-state index is 0.182. The molecular formula is C13H14FIN2OS. The van der Waals surface area contributed by atoms with Crippen molar-refractivity contribution in [2.75, 3.05) is 6.61 Å². The van der Waals surface area contributed by atoms with Crippen LogP contribution in [0.2, 0.25) is 0 Å². The maximum absolute atomic E-state index is 13.7. The standard InChI is InChI=1S/C13H14FIN2OS/c14-9-5-12-11(6-10(9)15)16-13(19)17(12)7-8-3-1-2-4-18-8/h5-6,8H,1-4,7H2,(H,16,19). The molecule has 1 N–H and O–H groups in total. The Kier molecular flexibility index (Phi) is 3.91. The highest BCUT2D eigenvalue weighted by molar-refractivity contribution is 14.1. The van der Waals surface area contributed by atoms with Gasteiger partial charge in [0.15, 0.2) is 4.77 Å². The van der Waals surface area contributed by atoms with Crippen LogP contribution in [0.25, 0.3) is 11.0 Å². The fourth-order valence-corrected chi connectivity index (χ4v) is 3.24. The van der Waals surface area contributed by atoms with Crippen molar-refractivity contribution in [1.82, 2.24) is 9.55 Å². The number of nitrogens with one attached hydrogen (secondary N) is 1. The van der Waals surface area contributed by atoms with Gasteiger partial charge in [-0.15, -0.1) is 0 Å². The van der Waals surface area contributed by atoms with Crippen molar-refractivity contribution in [3.05, 3.63) is 26.3 Å². The Morgan fingerprint density at radius 3 is 3.05 bits per heavy atom. The van der Waals surface area contributed by atoms with E-state index in [1.54, 1.807) is 12.1 Å². The lowest BCUT2D eigenvalue weighted by atomic mass is 10.1. The second-order valence-corrected chi connectivity index (χ2v) is 6.36. The SMILES string of the molecule is Fc1cc2c(cc1I)[nH]c(=S)n2CC1CCCCO1. The maximum atomic E-state index is 13.7. The Balaban J connectivity index is 2.00. The molecule has 3 nitrogen and oxygen atoms in total. The van der Waals surface area contributed by atoms with E-state index < -0.39 is 0 Å². The molecule has 102 valence electrons. The smallest absolute Gasteiger partial charge is 0.178 e. The largest absolute Gasteiger partial charge is 0.376 e. The first-order valence-electron chi connectivity index (χ1n) is 6.34. The van der Waals surface area contributed by atoms with Gasteiger partial charge in [0.1, 0.15) is 5.82 Å². The molecule has 0 bridgehead atoms. The molecule has 0 radical (unpaired) electrons. The molecule has 0 amide bonds. The van der Waals surface area contributed by atoms with Gasteiger partial charge >= 0.3 is 0 Å². The van der Waals surface area contributed by atoms with Gasteiger partial charge in [-0.2, -0.15) is 0 Å². The highest BCUT2D eigenvalue weighted by Gasteiger charge is 2.17. The molecule has 1 fully saturated rings. The summed E-state index contributed by atoms with van der Waals surface area (Å²) in [5.74, 6) is -0.208. The average Bonchev–Trinajstić information content (AvgIpc) is 2.68. The van der Waals surface area contributed by atoms with E-state index in [9.17, 15) is 4.39 Å². The molecule has 1 aliphatic rings. The van der Waals surface area contributed by atoms with Gasteiger partial charge in [-0.05, 0) is 60.1 Å². The zero-order valence-electron chi connectivity index (χ0n) is 10.3. The van der Waals surface area contributed by atoms with Crippen molar-refractivity contribution in [3.63, 3.8) is 0 Å². The third-order valence-electron chi connectivity index (χ3n) is 3.48. The summed E-state index contributed by atoms with van der Waals surface area (Å²) in [4.78, 5) is 3.14. The number of nitrogens with zero attached hydrogens (tertiary/aromatic N) is 1. The summed E-state index contributed by atoms with van der Waals surface area (Å²) in [6.07, 6.45) is 3.54. The Morgan fingerprint density at radius 2 is 2.32 bits per heavy atom. The number of hydrogen-bond donors (Lipinski definition) is 1. The lowest BCUT2D eigenvalue weighted by Gasteiger charge is -2.23. The van der Waals surface area contributed by atoms with Crippen LogP contribution < -0.4 is 0 Å². The van der Waals surface area contributed by atoms with Gasteiger partial charge in [0, 0.05) is 12.7 Å². The molecule has 1 unspecified atom stereocenters. The summed E-state index contributed by atoms with van der Waals surface area (Å²) in [6, 6.07) is 3.34. The molecular weight excluding hydrogens is 378 g/mol. The third-order valence-corrected chi connectivity index (χ3v) is 4.63. The summed E-state index contributed by atoms with van der Waals surface area (Å²) in [7, 11) is 0. The van der Waals surface area contributed by atoms with Crippen LogP contribution in [0, 0.1) is 14.2 Å². The molecule has 19 heavy (non-hydrogen) atoms. The van der Waals surface area contributed by atoms with E-state index in [1.165, 1.54) is 6.42 Å². The Labute approximate surface area is 129 Å². The first-order valence-corrected chi connectivity index (χ1v) is 7.83. The van der Waals surface area contributed by atoms with Crippen LogP contribution in [0.1, 0.15) is 19.3 Å². The van der Waals surface area contributed by atoms with E-state index in [0.29, 0.717) is 14.9 Å². The summed E-state index contributed by atoms with van der Waals surface area (Å²) in [5, 5.41) is 0. The molecule has 2 heterocycles. The number of fused-ring (bicyclic) bond motifs is 1. The first kappa shape index (κ1) is 13.5. The number of benzene rings is 1. The summed E-state index contributed by atoms with van der Waals surface area (Å²) < 4.78 is 22.6. The number of halogens is 2. The molecule has 1 aromatic carbocycles. The number of imidazole rings is 1. The zero-order chi connectivity index (χ0) is 13.4. The van der Waals surface area contributed by atoms with Gasteiger partial charge in [-0.3, -0.25) is 0 Å². The molecule has 1 saturated heterocycles. The average molecular weight is 392 g/mol. The summed E-state index contributed by atoms with van der Waals surface area (Å²) in [5.41, 5.74) is 1.70. The number of rotatable bonds is 2. The molecule has 0 aliphatic carbocycles. The molecule has 0 saturated carbocycles. The number of ether oxygens (including phenoxy) is 1. The summed E-state index contributed by atoms with van der Waals surface area (Å²) >= 11 is 7.32. The lowest BCUT2D eigenvalue weighted by molar-refractivity contribution is 0.00640. The van der Waals surface area contributed by atoms with Gasteiger partial charge in [-0.25, -0.2) is 4.39 Å². The Bertz CT molecular complexity index is 660. The second kappa shape index (κ2) is 5.49. The molecule has 6 heteroatoms. The summed E-state index contributed by atoms with van der Waals surface area (Å²) in [6.45, 7) is 1.51. The van der Waals surface area contributed by atoms with E-state index >= 15 is 0 Å². The fourth-order valence-electron chi connectivity index (χ4n) is 2.49. The van der Waals surface area contributed by atoms with Crippen LogP contribution >= 0.6 is 34.8 Å². The highest BCUT2D eigenvalue weighted by Crippen LogP contribution is 2.22. The lowest BCUT2D eigenvalue weighted by Crippen LogP contribution is -2.24. The van der Waals surface area contributed by atoms with E-state index in [4.69, 9.17) is 17.0 Å². The van der Waals surface area contributed by atoms with Gasteiger partial charge in [0.25, 0.3) is 0 Å². The van der Waals surface area contributed by atoms with E-state index in [1.807, 2.05) is 27.2 Å². The second-order valence-electron chi connectivity index (χ2n) is 4.81. The van der Waals surface area contributed by atoms with Crippen molar-refractivity contribution in [1.29, 1.82) is 0 Å². The van der Waals surface area contributed by atoms with Crippen molar-refractivity contribution in [2.24, 2.45) is 0 Å². The molecule has 1 atom stereocenters. The van der Waals surface area contributed by atoms with Crippen LogP contribution in [0.3, 0.4) is 0 Å². The molecule has 1 aromatic heterocycles. The Morgan fingerprint density at radius 1 is 1.47 bits per heavy atom. The van der Waals surface area contributed by atoms with Gasteiger partial charge in [0.2, 0.25) is 0 Å².